The first-order chi connectivity index (χ1) is 9.29. The molecule has 3 aromatic rings. The van der Waals surface area contributed by atoms with Gasteiger partial charge >= 0.3 is 0 Å². The average molecular weight is 259 g/mol. The Morgan fingerprint density at radius 1 is 1.32 bits per heavy atom. The molecule has 0 saturated carbocycles. The number of hydrogen-bond acceptors (Lipinski definition) is 4. The molecule has 0 aliphatic rings. The lowest BCUT2D eigenvalue weighted by molar-refractivity contribution is 0.273. The minimum Gasteiger partial charge on any atom is -0.390 e. The fourth-order valence-electron chi connectivity index (χ4n) is 1.81. The summed E-state index contributed by atoms with van der Waals surface area (Å²) < 4.78 is 16.9. The molecule has 2 heterocycles. The summed E-state index contributed by atoms with van der Waals surface area (Å²) in [7, 11) is 0. The van der Waals surface area contributed by atoms with Gasteiger partial charge in [0.15, 0.2) is 5.82 Å². The summed E-state index contributed by atoms with van der Waals surface area (Å²) in [6, 6.07) is 6.33. The second-order valence-electron chi connectivity index (χ2n) is 3.88. The van der Waals surface area contributed by atoms with Crippen LogP contribution in [0.15, 0.2) is 42.9 Å². The predicted octanol–water partition coefficient (Wildman–Crippen LogP) is 1.08. The Morgan fingerprint density at radius 2 is 2.21 bits per heavy atom. The van der Waals surface area contributed by atoms with Gasteiger partial charge in [0.25, 0.3) is 0 Å². The molecule has 96 valence electrons. The smallest absolute Gasteiger partial charge is 0.151 e. The third-order valence-corrected chi connectivity index (χ3v) is 2.71. The fraction of sp³-hybridized carbons (Fsp3) is 0.0833. The maximum Gasteiger partial charge on any atom is 0.151 e. The summed E-state index contributed by atoms with van der Waals surface area (Å²) in [4.78, 5) is 0. The lowest BCUT2D eigenvalue weighted by Gasteiger charge is -2.07. The third-order valence-electron chi connectivity index (χ3n) is 2.71. The number of hydrogen-bond donors (Lipinski definition) is 1. The molecule has 2 aromatic heterocycles. The quantitative estimate of drug-likeness (QED) is 0.764. The summed E-state index contributed by atoms with van der Waals surface area (Å²) in [5, 5.41) is 20.6. The van der Waals surface area contributed by atoms with Gasteiger partial charge in [-0.25, -0.2) is 13.8 Å². The number of halogens is 1. The molecule has 0 amide bonds. The van der Waals surface area contributed by atoms with Crippen LogP contribution in [-0.4, -0.2) is 29.9 Å². The SMILES string of the molecule is OCc1cnnn1-c1ccc(-n2cccn2)c(F)c1. The van der Waals surface area contributed by atoms with Crippen molar-refractivity contribution in [3.63, 3.8) is 0 Å². The van der Waals surface area contributed by atoms with Crippen molar-refractivity contribution in [3.05, 3.63) is 54.4 Å². The van der Waals surface area contributed by atoms with Gasteiger partial charge < -0.3 is 5.11 Å². The second-order valence-corrected chi connectivity index (χ2v) is 3.88. The lowest BCUT2D eigenvalue weighted by Crippen LogP contribution is -2.05. The van der Waals surface area contributed by atoms with Crippen molar-refractivity contribution >= 4 is 0 Å². The predicted molar refractivity (Wildman–Crippen MR) is 64.4 cm³/mol. The van der Waals surface area contributed by atoms with Crippen molar-refractivity contribution in [1.29, 1.82) is 0 Å². The molecule has 1 N–H and O–H groups in total. The Kier molecular flexibility index (Phi) is 2.81. The average Bonchev–Trinajstić information content (AvgIpc) is 3.09. The van der Waals surface area contributed by atoms with Gasteiger partial charge in [-0.05, 0) is 18.2 Å². The Morgan fingerprint density at radius 3 is 2.89 bits per heavy atom. The highest BCUT2D eigenvalue weighted by molar-refractivity contribution is 5.42. The van der Waals surface area contributed by atoms with Crippen LogP contribution >= 0.6 is 0 Å². The van der Waals surface area contributed by atoms with Gasteiger partial charge in [0.2, 0.25) is 0 Å². The highest BCUT2D eigenvalue weighted by Crippen LogP contribution is 2.17. The largest absolute Gasteiger partial charge is 0.390 e. The molecule has 0 aliphatic carbocycles. The zero-order valence-electron chi connectivity index (χ0n) is 9.81. The molecule has 1 aromatic carbocycles. The molecular weight excluding hydrogens is 249 g/mol. The van der Waals surface area contributed by atoms with Crippen LogP contribution in [-0.2, 0) is 6.61 Å². The summed E-state index contributed by atoms with van der Waals surface area (Å²) in [5.74, 6) is -0.430. The molecule has 0 saturated heterocycles. The lowest BCUT2D eigenvalue weighted by atomic mass is 10.2. The van der Waals surface area contributed by atoms with E-state index in [0.717, 1.165) is 0 Å². The van der Waals surface area contributed by atoms with Gasteiger partial charge in [-0.3, -0.25) is 0 Å². The summed E-state index contributed by atoms with van der Waals surface area (Å²) >= 11 is 0. The van der Waals surface area contributed by atoms with Crippen LogP contribution in [0.3, 0.4) is 0 Å². The number of rotatable bonds is 3. The van der Waals surface area contributed by atoms with Crippen molar-refractivity contribution in [2.45, 2.75) is 6.61 Å². The van der Waals surface area contributed by atoms with Crippen molar-refractivity contribution in [2.24, 2.45) is 0 Å². The number of nitrogens with zero attached hydrogens (tertiary/aromatic N) is 5. The van der Waals surface area contributed by atoms with Gasteiger partial charge in [-0.2, -0.15) is 5.10 Å². The molecule has 0 radical (unpaired) electrons. The second kappa shape index (κ2) is 4.62. The van der Waals surface area contributed by atoms with E-state index >= 15 is 0 Å². The van der Waals surface area contributed by atoms with E-state index in [0.29, 0.717) is 17.1 Å². The van der Waals surface area contributed by atoms with Gasteiger partial charge in [0.1, 0.15) is 5.69 Å². The summed E-state index contributed by atoms with van der Waals surface area (Å²) in [5.41, 5.74) is 1.33. The van der Waals surface area contributed by atoms with Gasteiger partial charge in [0, 0.05) is 18.5 Å². The fourth-order valence-corrected chi connectivity index (χ4v) is 1.81. The molecule has 0 spiro atoms. The monoisotopic (exact) mass is 259 g/mol. The normalized spacial score (nSPS) is 10.8. The van der Waals surface area contributed by atoms with Crippen molar-refractivity contribution < 1.29 is 9.50 Å². The third kappa shape index (κ3) is 2.00. The summed E-state index contributed by atoms with van der Waals surface area (Å²) in [6.07, 6.45) is 4.67. The maximum absolute atomic E-state index is 14.1. The zero-order chi connectivity index (χ0) is 13.2. The van der Waals surface area contributed by atoms with Crippen LogP contribution in [0.25, 0.3) is 11.4 Å². The first-order valence-electron chi connectivity index (χ1n) is 5.60. The van der Waals surface area contributed by atoms with Gasteiger partial charge in [0.05, 0.1) is 24.2 Å². The van der Waals surface area contributed by atoms with Crippen LogP contribution in [0.5, 0.6) is 0 Å². The van der Waals surface area contributed by atoms with Crippen molar-refractivity contribution in [2.75, 3.05) is 0 Å². The highest BCUT2D eigenvalue weighted by atomic mass is 19.1. The zero-order valence-corrected chi connectivity index (χ0v) is 9.81. The van der Waals surface area contributed by atoms with Gasteiger partial charge in [-0.1, -0.05) is 5.21 Å². The van der Waals surface area contributed by atoms with E-state index in [1.165, 1.54) is 21.6 Å². The Hall–Kier alpha value is -2.54. The number of aliphatic hydroxyl groups excluding tert-OH is 1. The minimum absolute atomic E-state index is 0.213. The van der Waals surface area contributed by atoms with E-state index in [1.54, 1.807) is 30.6 Å². The molecule has 0 atom stereocenters. The standard InChI is InChI=1S/C12H10FN5O/c13-11-6-9(18-10(8-19)7-14-16-18)2-3-12(11)17-5-1-4-15-17/h1-7,19H,8H2. The van der Waals surface area contributed by atoms with Crippen LogP contribution in [0.2, 0.25) is 0 Å². The molecule has 0 unspecified atom stereocenters. The topological polar surface area (TPSA) is 68.8 Å². The summed E-state index contributed by atoms with van der Waals surface area (Å²) in [6.45, 7) is -0.213. The molecule has 0 fully saturated rings. The van der Waals surface area contributed by atoms with Gasteiger partial charge in [-0.15, -0.1) is 5.10 Å². The van der Waals surface area contributed by atoms with E-state index in [1.807, 2.05) is 0 Å². The Labute approximate surface area is 107 Å². The van der Waals surface area contributed by atoms with Crippen LogP contribution in [0.1, 0.15) is 5.69 Å². The molecule has 0 aliphatic heterocycles. The van der Waals surface area contributed by atoms with E-state index in [-0.39, 0.29) is 6.61 Å². The molecular formula is C12H10FN5O. The molecule has 0 bridgehead atoms. The maximum atomic E-state index is 14.1. The molecule has 19 heavy (non-hydrogen) atoms. The van der Waals surface area contributed by atoms with E-state index in [4.69, 9.17) is 5.11 Å². The van der Waals surface area contributed by atoms with E-state index < -0.39 is 5.82 Å². The van der Waals surface area contributed by atoms with E-state index in [9.17, 15) is 4.39 Å². The molecule has 3 rings (SSSR count). The van der Waals surface area contributed by atoms with Crippen molar-refractivity contribution in [3.8, 4) is 11.4 Å². The first kappa shape index (κ1) is 11.5. The van der Waals surface area contributed by atoms with Crippen LogP contribution in [0.4, 0.5) is 4.39 Å². The molecule has 6 nitrogen and oxygen atoms in total. The Balaban J connectivity index is 2.05. The van der Waals surface area contributed by atoms with Crippen LogP contribution < -0.4 is 0 Å². The van der Waals surface area contributed by atoms with E-state index in [2.05, 4.69) is 15.4 Å². The van der Waals surface area contributed by atoms with Crippen LogP contribution in [0, 0.1) is 5.82 Å². The first-order valence-corrected chi connectivity index (χ1v) is 5.60. The number of benzene rings is 1. The highest BCUT2D eigenvalue weighted by Gasteiger charge is 2.10. The minimum atomic E-state index is -0.430. The number of aliphatic hydroxyl groups is 1. The number of aromatic nitrogens is 5. The van der Waals surface area contributed by atoms with Crippen molar-refractivity contribution in [1.82, 2.24) is 24.8 Å². The molecule has 7 heteroatoms. The Bertz CT molecular complexity index is 692.